The summed E-state index contributed by atoms with van der Waals surface area (Å²) < 4.78 is 0. The molecule has 4 atom stereocenters. The van der Waals surface area contributed by atoms with Crippen molar-refractivity contribution in [1.82, 2.24) is 9.80 Å². The van der Waals surface area contributed by atoms with Crippen molar-refractivity contribution in [2.75, 3.05) is 14.1 Å². The van der Waals surface area contributed by atoms with Gasteiger partial charge in [-0.2, -0.15) is 0 Å². The van der Waals surface area contributed by atoms with E-state index in [-0.39, 0.29) is 35.7 Å². The second-order valence-corrected chi connectivity index (χ2v) is 5.40. The summed E-state index contributed by atoms with van der Waals surface area (Å²) >= 11 is 0. The van der Waals surface area contributed by atoms with Gasteiger partial charge in [-0.3, -0.25) is 9.59 Å². The summed E-state index contributed by atoms with van der Waals surface area (Å²) in [6.07, 6.45) is 3.94. The first kappa shape index (κ1) is 10.1. The third-order valence-corrected chi connectivity index (χ3v) is 4.80. The molecule has 88 valence electrons. The van der Waals surface area contributed by atoms with Crippen LogP contribution in [0.1, 0.15) is 25.7 Å². The topological polar surface area (TPSA) is 40.6 Å². The molecule has 0 aromatic heterocycles. The smallest absolute Gasteiger partial charge is 0.227 e. The van der Waals surface area contributed by atoms with Gasteiger partial charge in [0.15, 0.2) is 0 Å². The molecule has 1 aliphatic carbocycles. The molecule has 6 aliphatic rings. The lowest BCUT2D eigenvalue weighted by molar-refractivity contribution is -0.163. The minimum atomic E-state index is 0.0523. The first-order chi connectivity index (χ1) is 7.61. The number of nitrogens with zero attached hydrogens (tertiary/aromatic N) is 2. The Hall–Kier alpha value is -1.06. The van der Waals surface area contributed by atoms with Crippen LogP contribution in [0.2, 0.25) is 0 Å². The zero-order chi connectivity index (χ0) is 11.4. The van der Waals surface area contributed by atoms with E-state index in [0.717, 1.165) is 25.7 Å². The normalized spacial score (nSPS) is 42.6. The standard InChI is InChI=1S/C12H18N2O2/c1-13-9-5-3-8(11(13)15)10-6-4-7(9)12(16)14(10)2/h7-10H,3-6H2,1-2H3/t7-,8+,9+,10-. The van der Waals surface area contributed by atoms with E-state index in [4.69, 9.17) is 0 Å². The lowest BCUT2D eigenvalue weighted by Crippen LogP contribution is -2.64. The minimum absolute atomic E-state index is 0.0523. The molecule has 4 nitrogen and oxygen atoms in total. The third-order valence-electron chi connectivity index (χ3n) is 4.80. The van der Waals surface area contributed by atoms with E-state index in [0.29, 0.717) is 0 Å². The zero-order valence-corrected chi connectivity index (χ0v) is 9.85. The fraction of sp³-hybridized carbons (Fsp3) is 0.833. The van der Waals surface area contributed by atoms with Gasteiger partial charge in [-0.25, -0.2) is 0 Å². The molecule has 4 bridgehead atoms. The van der Waals surface area contributed by atoms with E-state index in [1.54, 1.807) is 0 Å². The summed E-state index contributed by atoms with van der Waals surface area (Å²) in [5.41, 5.74) is 0. The molecule has 6 rings (SSSR count). The summed E-state index contributed by atoms with van der Waals surface area (Å²) in [4.78, 5) is 28.1. The van der Waals surface area contributed by atoms with Gasteiger partial charge in [0, 0.05) is 26.2 Å². The Morgan fingerprint density at radius 3 is 1.56 bits per heavy atom. The minimum Gasteiger partial charge on any atom is -0.342 e. The van der Waals surface area contributed by atoms with Crippen molar-refractivity contribution in [2.45, 2.75) is 37.8 Å². The first-order valence-corrected chi connectivity index (χ1v) is 6.14. The molecule has 0 N–H and O–H groups in total. The van der Waals surface area contributed by atoms with Crippen LogP contribution >= 0.6 is 0 Å². The van der Waals surface area contributed by atoms with Gasteiger partial charge in [-0.15, -0.1) is 0 Å². The average molecular weight is 222 g/mol. The lowest BCUT2D eigenvalue weighted by atomic mass is 9.71. The van der Waals surface area contributed by atoms with Gasteiger partial charge in [0.25, 0.3) is 0 Å². The van der Waals surface area contributed by atoms with Crippen LogP contribution in [0.5, 0.6) is 0 Å². The molecular formula is C12H18N2O2. The Morgan fingerprint density at radius 2 is 1.19 bits per heavy atom. The number of rotatable bonds is 0. The van der Waals surface area contributed by atoms with Gasteiger partial charge in [-0.05, 0) is 25.7 Å². The molecule has 0 aromatic rings. The van der Waals surface area contributed by atoms with E-state index in [2.05, 4.69) is 0 Å². The lowest BCUT2D eigenvalue weighted by Gasteiger charge is -2.52. The predicted molar refractivity (Wildman–Crippen MR) is 58.6 cm³/mol. The molecule has 4 heteroatoms. The second kappa shape index (κ2) is 3.22. The van der Waals surface area contributed by atoms with Crippen molar-refractivity contribution < 1.29 is 9.59 Å². The molecule has 5 heterocycles. The van der Waals surface area contributed by atoms with Gasteiger partial charge in [-0.1, -0.05) is 0 Å². The van der Waals surface area contributed by atoms with E-state index < -0.39 is 0 Å². The molecule has 2 amide bonds. The summed E-state index contributed by atoms with van der Waals surface area (Å²) in [7, 11) is 3.74. The highest BCUT2D eigenvalue weighted by atomic mass is 16.2. The van der Waals surface area contributed by atoms with Gasteiger partial charge < -0.3 is 9.80 Å². The van der Waals surface area contributed by atoms with Crippen LogP contribution in [-0.2, 0) is 9.59 Å². The highest BCUT2D eigenvalue weighted by Crippen LogP contribution is 2.41. The number of hydrogen-bond donors (Lipinski definition) is 0. The van der Waals surface area contributed by atoms with E-state index in [1.807, 2.05) is 23.9 Å². The Bertz CT molecular complexity index is 321. The quantitative estimate of drug-likeness (QED) is 0.598. The fourth-order valence-corrected chi connectivity index (χ4v) is 3.84. The van der Waals surface area contributed by atoms with Crippen LogP contribution in [-0.4, -0.2) is 47.8 Å². The number of piperidine rings is 2. The number of amides is 2. The van der Waals surface area contributed by atoms with Crippen molar-refractivity contribution >= 4 is 11.8 Å². The van der Waals surface area contributed by atoms with Crippen LogP contribution in [0.3, 0.4) is 0 Å². The summed E-state index contributed by atoms with van der Waals surface area (Å²) in [5, 5.41) is 0. The molecule has 1 saturated carbocycles. The fourth-order valence-electron chi connectivity index (χ4n) is 3.84. The Balaban J connectivity index is 2.06. The molecule has 5 saturated heterocycles. The van der Waals surface area contributed by atoms with Crippen molar-refractivity contribution in [2.24, 2.45) is 11.8 Å². The predicted octanol–water partition coefficient (Wildman–Crippen LogP) is 0.474. The highest BCUT2D eigenvalue weighted by Gasteiger charge is 2.51. The molecule has 6 fully saturated rings. The zero-order valence-electron chi connectivity index (χ0n) is 9.85. The van der Waals surface area contributed by atoms with Crippen LogP contribution in [0.25, 0.3) is 0 Å². The van der Waals surface area contributed by atoms with Crippen LogP contribution in [0, 0.1) is 11.8 Å². The first-order valence-electron chi connectivity index (χ1n) is 6.14. The number of carbonyl (C=O) groups is 2. The maximum atomic E-state index is 12.2. The van der Waals surface area contributed by atoms with Gasteiger partial charge in [0.1, 0.15) is 0 Å². The number of carbonyl (C=O) groups excluding carboxylic acids is 2. The molecular weight excluding hydrogens is 204 g/mol. The van der Waals surface area contributed by atoms with Crippen LogP contribution < -0.4 is 0 Å². The maximum Gasteiger partial charge on any atom is 0.227 e. The summed E-state index contributed by atoms with van der Waals surface area (Å²) in [6, 6.07) is 0.305. The summed E-state index contributed by atoms with van der Waals surface area (Å²) in [6.45, 7) is 0. The van der Waals surface area contributed by atoms with Gasteiger partial charge in [0.05, 0.1) is 11.8 Å². The molecule has 16 heavy (non-hydrogen) atoms. The maximum absolute atomic E-state index is 12.2. The average Bonchev–Trinajstić information content (AvgIpc) is 2.23. The van der Waals surface area contributed by atoms with Crippen LogP contribution in [0.4, 0.5) is 0 Å². The monoisotopic (exact) mass is 222 g/mol. The van der Waals surface area contributed by atoms with Crippen LogP contribution in [0.15, 0.2) is 0 Å². The third kappa shape index (κ3) is 1.10. The SMILES string of the molecule is CN1C(=O)[C@@H]2CC[C@@H]1[C@@H]1CC[C@@H]2N(C)C1=O. The van der Waals surface area contributed by atoms with Crippen molar-refractivity contribution in [3.05, 3.63) is 0 Å². The molecule has 0 radical (unpaired) electrons. The van der Waals surface area contributed by atoms with Gasteiger partial charge >= 0.3 is 0 Å². The van der Waals surface area contributed by atoms with Crippen molar-refractivity contribution in [3.8, 4) is 0 Å². The molecule has 0 unspecified atom stereocenters. The van der Waals surface area contributed by atoms with Gasteiger partial charge in [0.2, 0.25) is 11.8 Å². The van der Waals surface area contributed by atoms with Crippen molar-refractivity contribution in [3.63, 3.8) is 0 Å². The second-order valence-electron chi connectivity index (χ2n) is 5.40. The van der Waals surface area contributed by atoms with E-state index >= 15 is 0 Å². The Labute approximate surface area is 95.6 Å². The van der Waals surface area contributed by atoms with Crippen molar-refractivity contribution in [1.29, 1.82) is 0 Å². The Kier molecular flexibility index (Phi) is 2.03. The van der Waals surface area contributed by atoms with E-state index in [1.165, 1.54) is 0 Å². The summed E-state index contributed by atoms with van der Waals surface area (Å²) in [5.74, 6) is 0.614. The Morgan fingerprint density at radius 1 is 0.812 bits per heavy atom. The number of hydrogen-bond acceptors (Lipinski definition) is 2. The molecule has 0 spiro atoms. The molecule has 0 aromatic carbocycles. The molecule has 5 aliphatic heterocycles. The largest absolute Gasteiger partial charge is 0.342 e. The highest BCUT2D eigenvalue weighted by molar-refractivity contribution is 5.87. The van der Waals surface area contributed by atoms with E-state index in [9.17, 15) is 9.59 Å².